The summed E-state index contributed by atoms with van der Waals surface area (Å²) >= 11 is 0. The molecule has 0 unspecified atom stereocenters. The van der Waals surface area contributed by atoms with Gasteiger partial charge in [-0.2, -0.15) is 0 Å². The molecule has 2 rings (SSSR count). The summed E-state index contributed by atoms with van der Waals surface area (Å²) in [5.74, 6) is 0.860. The van der Waals surface area contributed by atoms with Gasteiger partial charge in [0.25, 0.3) is 0 Å². The van der Waals surface area contributed by atoms with Gasteiger partial charge in [-0.3, -0.25) is 4.98 Å². The van der Waals surface area contributed by atoms with Crippen LogP contribution in [0.4, 0.5) is 0 Å². The molecule has 1 N–H and O–H groups in total. The van der Waals surface area contributed by atoms with Crippen LogP contribution in [0.2, 0.25) is 0 Å². The highest BCUT2D eigenvalue weighted by atomic mass is 16.5. The van der Waals surface area contributed by atoms with Gasteiger partial charge in [-0.25, -0.2) is 0 Å². The summed E-state index contributed by atoms with van der Waals surface area (Å²) in [6, 6.07) is 4.66. The van der Waals surface area contributed by atoms with Crippen LogP contribution in [-0.2, 0) is 0 Å². The molecule has 1 aliphatic carbocycles. The molecule has 1 aliphatic rings. The first-order valence-electron chi connectivity index (χ1n) is 6.13. The first kappa shape index (κ1) is 11.4. The van der Waals surface area contributed by atoms with E-state index in [1.165, 1.54) is 25.7 Å². The molecule has 3 nitrogen and oxygen atoms in total. The fraction of sp³-hybridized carbons (Fsp3) is 0.615. The molecule has 0 aromatic carbocycles. The molecule has 0 spiro atoms. The normalized spacial score (nSPS) is 16.6. The summed E-state index contributed by atoms with van der Waals surface area (Å²) in [5, 5.41) is 3.52. The standard InChI is InChI=1S/C13H20N2O/c1-11-6-7-13(10-15-11)16-9-8-14-12-4-2-3-5-12/h6-7,10,12,14H,2-5,8-9H2,1H3. The van der Waals surface area contributed by atoms with Gasteiger partial charge in [0, 0.05) is 18.3 Å². The number of nitrogens with one attached hydrogen (secondary N) is 1. The minimum Gasteiger partial charge on any atom is -0.491 e. The van der Waals surface area contributed by atoms with Crippen molar-refractivity contribution in [3.05, 3.63) is 24.0 Å². The zero-order chi connectivity index (χ0) is 11.2. The Hall–Kier alpha value is -1.09. The van der Waals surface area contributed by atoms with Gasteiger partial charge in [0.1, 0.15) is 12.4 Å². The first-order chi connectivity index (χ1) is 7.84. The van der Waals surface area contributed by atoms with Crippen molar-refractivity contribution in [3.8, 4) is 5.75 Å². The van der Waals surface area contributed by atoms with Crippen molar-refractivity contribution in [2.24, 2.45) is 0 Å². The third-order valence-electron chi connectivity index (χ3n) is 3.04. The second kappa shape index (κ2) is 5.85. The van der Waals surface area contributed by atoms with E-state index in [0.717, 1.165) is 30.6 Å². The topological polar surface area (TPSA) is 34.1 Å². The minimum atomic E-state index is 0.722. The molecule has 0 amide bonds. The number of hydrogen-bond donors (Lipinski definition) is 1. The molecule has 1 aromatic rings. The second-order valence-electron chi connectivity index (χ2n) is 4.42. The van der Waals surface area contributed by atoms with E-state index in [4.69, 9.17) is 4.74 Å². The maximum atomic E-state index is 5.60. The van der Waals surface area contributed by atoms with Crippen LogP contribution < -0.4 is 10.1 Å². The molecule has 0 aliphatic heterocycles. The molecule has 1 saturated carbocycles. The van der Waals surface area contributed by atoms with Crippen LogP contribution in [0.15, 0.2) is 18.3 Å². The van der Waals surface area contributed by atoms with E-state index in [2.05, 4.69) is 10.3 Å². The summed E-state index contributed by atoms with van der Waals surface area (Å²) in [4.78, 5) is 4.19. The van der Waals surface area contributed by atoms with Crippen molar-refractivity contribution in [3.63, 3.8) is 0 Å². The lowest BCUT2D eigenvalue weighted by molar-refractivity contribution is 0.304. The van der Waals surface area contributed by atoms with E-state index < -0.39 is 0 Å². The molecule has 0 atom stereocenters. The lowest BCUT2D eigenvalue weighted by Gasteiger charge is -2.12. The zero-order valence-electron chi connectivity index (χ0n) is 9.91. The second-order valence-corrected chi connectivity index (χ2v) is 4.42. The largest absolute Gasteiger partial charge is 0.491 e. The minimum absolute atomic E-state index is 0.722. The summed E-state index contributed by atoms with van der Waals surface area (Å²) in [6.45, 7) is 3.63. The van der Waals surface area contributed by atoms with Gasteiger partial charge >= 0.3 is 0 Å². The SMILES string of the molecule is Cc1ccc(OCCNC2CCCC2)cn1. The lowest BCUT2D eigenvalue weighted by Crippen LogP contribution is -2.30. The number of pyridine rings is 1. The summed E-state index contributed by atoms with van der Waals surface area (Å²) in [7, 11) is 0. The third kappa shape index (κ3) is 3.49. The fourth-order valence-electron chi connectivity index (χ4n) is 2.10. The summed E-state index contributed by atoms with van der Waals surface area (Å²) in [6.07, 6.45) is 7.18. The monoisotopic (exact) mass is 220 g/mol. The number of nitrogens with zero attached hydrogens (tertiary/aromatic N) is 1. The van der Waals surface area contributed by atoms with Gasteiger partial charge in [-0.1, -0.05) is 12.8 Å². The number of ether oxygens (including phenoxy) is 1. The van der Waals surface area contributed by atoms with Crippen molar-refractivity contribution < 1.29 is 4.74 Å². The van der Waals surface area contributed by atoms with Crippen molar-refractivity contribution in [2.45, 2.75) is 38.6 Å². The Labute approximate surface area is 97.2 Å². The van der Waals surface area contributed by atoms with Crippen molar-refractivity contribution in [1.29, 1.82) is 0 Å². The van der Waals surface area contributed by atoms with E-state index in [-0.39, 0.29) is 0 Å². The molecule has 0 bridgehead atoms. The van der Waals surface area contributed by atoms with E-state index in [0.29, 0.717) is 0 Å². The molecular formula is C13H20N2O. The average molecular weight is 220 g/mol. The molecule has 16 heavy (non-hydrogen) atoms. The quantitative estimate of drug-likeness (QED) is 0.773. The van der Waals surface area contributed by atoms with Crippen LogP contribution in [0, 0.1) is 6.92 Å². The molecule has 0 saturated heterocycles. The molecular weight excluding hydrogens is 200 g/mol. The number of rotatable bonds is 5. The van der Waals surface area contributed by atoms with Gasteiger partial charge in [-0.15, -0.1) is 0 Å². The Kier molecular flexibility index (Phi) is 4.17. The van der Waals surface area contributed by atoms with Crippen LogP contribution in [0.25, 0.3) is 0 Å². The number of hydrogen-bond acceptors (Lipinski definition) is 3. The molecule has 1 heterocycles. The maximum absolute atomic E-state index is 5.60. The van der Waals surface area contributed by atoms with E-state index in [1.54, 1.807) is 6.20 Å². The van der Waals surface area contributed by atoms with Crippen molar-refractivity contribution in [2.75, 3.05) is 13.2 Å². The van der Waals surface area contributed by atoms with E-state index in [9.17, 15) is 0 Å². The summed E-state index contributed by atoms with van der Waals surface area (Å²) < 4.78 is 5.60. The highest BCUT2D eigenvalue weighted by Crippen LogP contribution is 2.17. The van der Waals surface area contributed by atoms with Crippen LogP contribution in [-0.4, -0.2) is 24.2 Å². The van der Waals surface area contributed by atoms with Gasteiger partial charge in [0.15, 0.2) is 0 Å². The van der Waals surface area contributed by atoms with Gasteiger partial charge < -0.3 is 10.1 Å². The highest BCUT2D eigenvalue weighted by molar-refractivity contribution is 5.18. The van der Waals surface area contributed by atoms with E-state index in [1.807, 2.05) is 19.1 Å². The van der Waals surface area contributed by atoms with Gasteiger partial charge in [0.05, 0.1) is 6.20 Å². The molecule has 88 valence electrons. The molecule has 1 fully saturated rings. The number of aromatic nitrogens is 1. The first-order valence-corrected chi connectivity index (χ1v) is 6.13. The van der Waals surface area contributed by atoms with Crippen molar-refractivity contribution >= 4 is 0 Å². The highest BCUT2D eigenvalue weighted by Gasteiger charge is 2.13. The Balaban J connectivity index is 1.62. The number of aryl methyl sites for hydroxylation is 1. The molecule has 0 radical (unpaired) electrons. The van der Waals surface area contributed by atoms with Crippen LogP contribution in [0.3, 0.4) is 0 Å². The predicted molar refractivity (Wildman–Crippen MR) is 64.7 cm³/mol. The molecule has 1 aromatic heterocycles. The van der Waals surface area contributed by atoms with Crippen LogP contribution in [0.5, 0.6) is 5.75 Å². The van der Waals surface area contributed by atoms with Crippen LogP contribution in [0.1, 0.15) is 31.4 Å². The van der Waals surface area contributed by atoms with Crippen LogP contribution >= 0.6 is 0 Å². The van der Waals surface area contributed by atoms with Crippen molar-refractivity contribution in [1.82, 2.24) is 10.3 Å². The Morgan fingerprint density at radius 3 is 2.88 bits per heavy atom. The zero-order valence-corrected chi connectivity index (χ0v) is 9.91. The average Bonchev–Trinajstić information content (AvgIpc) is 2.80. The Morgan fingerprint density at radius 1 is 1.38 bits per heavy atom. The lowest BCUT2D eigenvalue weighted by atomic mass is 10.2. The predicted octanol–water partition coefficient (Wildman–Crippen LogP) is 2.30. The Bertz CT molecular complexity index is 304. The third-order valence-corrected chi connectivity index (χ3v) is 3.04. The summed E-state index contributed by atoms with van der Waals surface area (Å²) in [5.41, 5.74) is 1.02. The smallest absolute Gasteiger partial charge is 0.137 e. The molecule has 3 heteroatoms. The fourth-order valence-corrected chi connectivity index (χ4v) is 2.10. The van der Waals surface area contributed by atoms with E-state index >= 15 is 0 Å². The van der Waals surface area contributed by atoms with Gasteiger partial charge in [0.2, 0.25) is 0 Å². The van der Waals surface area contributed by atoms with Gasteiger partial charge in [-0.05, 0) is 31.9 Å². The maximum Gasteiger partial charge on any atom is 0.137 e. The Morgan fingerprint density at radius 2 is 2.19 bits per heavy atom.